The number of hydrogen-bond donors (Lipinski definition) is 1. The molecule has 1 saturated carbocycles. The number of aromatic nitrogens is 1. The monoisotopic (exact) mass is 597 g/mol. The quantitative estimate of drug-likeness (QED) is 0.383. The molecule has 1 N–H and O–H groups in total. The van der Waals surface area contributed by atoms with Crippen LogP contribution in [-0.2, 0) is 14.4 Å². The lowest BCUT2D eigenvalue weighted by Crippen LogP contribution is -2.56. The zero-order valence-corrected chi connectivity index (χ0v) is 22.2. The molecule has 0 radical (unpaired) electrons. The number of halogens is 4. The van der Waals surface area contributed by atoms with Crippen molar-refractivity contribution in [3.05, 3.63) is 88.8 Å². The first-order valence-electron chi connectivity index (χ1n) is 12.8. The predicted molar refractivity (Wildman–Crippen MR) is 150 cm³/mol. The molecule has 2 fully saturated rings. The van der Waals surface area contributed by atoms with Gasteiger partial charge in [-0.1, -0.05) is 49.4 Å². The van der Waals surface area contributed by atoms with Crippen molar-refractivity contribution in [1.29, 1.82) is 5.26 Å². The second kappa shape index (κ2) is 12.2. The first-order chi connectivity index (χ1) is 19.6. The number of nitrogens with zero attached hydrogens (tertiary/aromatic N) is 4. The highest BCUT2D eigenvalue weighted by molar-refractivity contribution is 6.31. The van der Waals surface area contributed by atoms with E-state index in [0.717, 1.165) is 15.9 Å². The minimum Gasteiger partial charge on any atom is -0.351 e. The zero-order valence-electron chi connectivity index (χ0n) is 21.4. The van der Waals surface area contributed by atoms with Crippen molar-refractivity contribution >= 4 is 40.8 Å². The van der Waals surface area contributed by atoms with E-state index in [1.165, 1.54) is 48.7 Å². The summed E-state index contributed by atoms with van der Waals surface area (Å²) < 4.78 is 42.5. The lowest BCUT2D eigenvalue weighted by Gasteiger charge is -2.39. The van der Waals surface area contributed by atoms with E-state index in [2.05, 4.69) is 10.3 Å². The maximum atomic E-state index is 15.4. The Hall–Kier alpha value is -4.43. The number of anilines is 2. The van der Waals surface area contributed by atoms with E-state index in [-0.39, 0.29) is 47.9 Å². The van der Waals surface area contributed by atoms with Gasteiger partial charge in [-0.05, 0) is 36.8 Å². The molecule has 3 aromatic rings. The van der Waals surface area contributed by atoms with Gasteiger partial charge in [-0.3, -0.25) is 24.2 Å². The van der Waals surface area contributed by atoms with Crippen molar-refractivity contribution in [3.8, 4) is 6.07 Å². The number of pyridine rings is 1. The van der Waals surface area contributed by atoms with Gasteiger partial charge in [0, 0.05) is 42.1 Å². The molecule has 2 heterocycles. The third-order valence-corrected chi connectivity index (χ3v) is 7.45. The van der Waals surface area contributed by atoms with Gasteiger partial charge in [-0.25, -0.2) is 18.2 Å². The van der Waals surface area contributed by atoms with Gasteiger partial charge in [0.2, 0.25) is 11.8 Å². The molecule has 0 bridgehead atoms. The van der Waals surface area contributed by atoms with Gasteiger partial charge >= 0.3 is 0 Å². The Balaban J connectivity index is 0.00000405. The molecular formula is C30H27ClF3N5O3. The van der Waals surface area contributed by atoms with E-state index >= 15 is 4.39 Å². The number of nitrogens with one attached hydrogen (secondary N) is 1. The molecular weight excluding hydrogens is 571 g/mol. The van der Waals surface area contributed by atoms with E-state index in [4.69, 9.17) is 11.6 Å². The maximum Gasteiger partial charge on any atom is 0.252 e. The van der Waals surface area contributed by atoms with Crippen molar-refractivity contribution in [2.24, 2.45) is 0 Å². The summed E-state index contributed by atoms with van der Waals surface area (Å²) >= 11 is 6.47. The smallest absolute Gasteiger partial charge is 0.252 e. The minimum absolute atomic E-state index is 0. The van der Waals surface area contributed by atoms with Gasteiger partial charge in [-0.2, -0.15) is 5.26 Å². The third kappa shape index (κ3) is 5.94. The Labute approximate surface area is 245 Å². The molecule has 3 amide bonds. The highest BCUT2D eigenvalue weighted by atomic mass is 35.5. The van der Waals surface area contributed by atoms with Crippen LogP contribution in [0.25, 0.3) is 0 Å². The number of carbonyl (C=O) groups excluding carboxylic acids is 3. The minimum atomic E-state index is -2.92. The molecule has 0 unspecified atom stereocenters. The molecule has 0 spiro atoms. The summed E-state index contributed by atoms with van der Waals surface area (Å²) in [5, 5.41) is 12.0. The second-order valence-corrected chi connectivity index (χ2v) is 10.3. The number of amides is 3. The average molecular weight is 598 g/mol. The maximum absolute atomic E-state index is 15.4. The van der Waals surface area contributed by atoms with Crippen molar-refractivity contribution < 1.29 is 27.6 Å². The van der Waals surface area contributed by atoms with Crippen LogP contribution in [0.1, 0.15) is 50.3 Å². The van der Waals surface area contributed by atoms with Crippen LogP contribution in [0.5, 0.6) is 0 Å². The first kappa shape index (κ1) is 30.5. The largest absolute Gasteiger partial charge is 0.351 e. The summed E-state index contributed by atoms with van der Waals surface area (Å²) in [5.74, 6) is -5.81. The molecule has 2 atom stereocenters. The fourth-order valence-electron chi connectivity index (χ4n) is 5.16. The third-order valence-electron chi connectivity index (χ3n) is 7.11. The highest BCUT2D eigenvalue weighted by Gasteiger charge is 2.49. The first-order valence-corrected chi connectivity index (χ1v) is 13.2. The van der Waals surface area contributed by atoms with Crippen molar-refractivity contribution in [1.82, 2.24) is 10.3 Å². The molecule has 1 aliphatic heterocycles. The highest BCUT2D eigenvalue weighted by Crippen LogP contribution is 2.40. The lowest BCUT2D eigenvalue weighted by atomic mass is 9.87. The normalized spacial score (nSPS) is 18.3. The Morgan fingerprint density at radius 2 is 1.83 bits per heavy atom. The van der Waals surface area contributed by atoms with Gasteiger partial charge < -0.3 is 5.32 Å². The van der Waals surface area contributed by atoms with Crippen molar-refractivity contribution in [3.63, 3.8) is 0 Å². The van der Waals surface area contributed by atoms with Crippen LogP contribution in [0.4, 0.5) is 24.7 Å². The number of hydrogen-bond acceptors (Lipinski definition) is 5. The molecule has 218 valence electrons. The number of para-hydroxylation sites is 1. The molecule has 1 aliphatic carbocycles. The van der Waals surface area contributed by atoms with Gasteiger partial charge in [0.15, 0.2) is 0 Å². The van der Waals surface area contributed by atoms with Crippen molar-refractivity contribution in [2.45, 2.75) is 57.2 Å². The van der Waals surface area contributed by atoms with Crippen LogP contribution in [0.3, 0.4) is 0 Å². The van der Waals surface area contributed by atoms with E-state index in [1.54, 1.807) is 12.1 Å². The molecule has 2 aromatic carbocycles. The number of alkyl halides is 2. The van der Waals surface area contributed by atoms with Crippen LogP contribution in [0, 0.1) is 17.1 Å². The average Bonchev–Trinajstić information content (AvgIpc) is 3.32. The van der Waals surface area contributed by atoms with E-state index in [0.29, 0.717) is 0 Å². The molecule has 42 heavy (non-hydrogen) atoms. The van der Waals surface area contributed by atoms with Crippen LogP contribution >= 0.6 is 11.6 Å². The number of benzene rings is 2. The predicted octanol–water partition coefficient (Wildman–Crippen LogP) is 5.57. The summed E-state index contributed by atoms with van der Waals surface area (Å²) in [7, 11) is 0. The molecule has 1 saturated heterocycles. The molecule has 8 nitrogen and oxygen atoms in total. The molecule has 1 aromatic heterocycles. The Morgan fingerprint density at radius 3 is 2.50 bits per heavy atom. The zero-order chi connectivity index (χ0) is 29.3. The van der Waals surface area contributed by atoms with E-state index in [9.17, 15) is 28.4 Å². The van der Waals surface area contributed by atoms with Crippen molar-refractivity contribution in [2.75, 3.05) is 9.80 Å². The Kier molecular flexibility index (Phi) is 8.87. The fourth-order valence-corrected chi connectivity index (χ4v) is 5.39. The topological polar surface area (TPSA) is 106 Å². The van der Waals surface area contributed by atoms with Crippen LogP contribution < -0.4 is 15.1 Å². The number of nitriles is 1. The number of carbonyl (C=O) groups is 3. The SMILES string of the molecule is C.N#Cc1ccnc(N2C(=O)CC[C@H]2C(=O)N(c2ccccc2F)[C@H](C(=O)NC2CC(F)(F)C2)c2ccccc2Cl)c1. The van der Waals surface area contributed by atoms with Gasteiger partial charge in [0.05, 0.1) is 17.3 Å². The summed E-state index contributed by atoms with van der Waals surface area (Å²) in [6.07, 6.45) is 0.151. The number of rotatable bonds is 7. The standard InChI is InChI=1S/C29H23ClF3N5O3.CH4/c30-20-6-2-1-5-19(20)26(27(40)36-18-14-29(32,33)15-18)38(22-8-4-3-7-21(22)31)28(41)23-9-10-25(39)37(23)24-13-17(16-34)11-12-35-24;/h1-8,11-13,18,23,26H,9-10,14-15H2,(H,36,40);1H4/t23-,26-;/m0./s1. The summed E-state index contributed by atoms with van der Waals surface area (Å²) in [4.78, 5) is 47.4. The van der Waals surface area contributed by atoms with E-state index in [1.807, 2.05) is 6.07 Å². The molecule has 12 heteroatoms. The second-order valence-electron chi connectivity index (χ2n) is 9.89. The Bertz CT molecular complexity index is 1550. The summed E-state index contributed by atoms with van der Waals surface area (Å²) in [5.41, 5.74) is 0.0712. The fraction of sp³-hybridized carbons (Fsp3) is 0.300. The van der Waals surface area contributed by atoms with Gasteiger partial charge in [0.1, 0.15) is 23.7 Å². The van der Waals surface area contributed by atoms with Crippen LogP contribution in [0.15, 0.2) is 66.9 Å². The van der Waals surface area contributed by atoms with Crippen LogP contribution in [0.2, 0.25) is 5.02 Å². The van der Waals surface area contributed by atoms with E-state index < -0.39 is 60.4 Å². The van der Waals surface area contributed by atoms with Crippen LogP contribution in [-0.4, -0.2) is 40.7 Å². The van der Waals surface area contributed by atoms with Gasteiger partial charge in [-0.15, -0.1) is 0 Å². The summed E-state index contributed by atoms with van der Waals surface area (Å²) in [6.45, 7) is 0. The lowest BCUT2D eigenvalue weighted by molar-refractivity contribution is -0.133. The molecule has 5 rings (SSSR count). The Morgan fingerprint density at radius 1 is 1.14 bits per heavy atom. The van der Waals surface area contributed by atoms with Gasteiger partial charge in [0.25, 0.3) is 11.8 Å². The molecule has 2 aliphatic rings. The summed E-state index contributed by atoms with van der Waals surface area (Å²) in [6, 6.07) is 12.6.